The Morgan fingerprint density at radius 2 is 2.18 bits per heavy atom. The largest absolute Gasteiger partial charge is 0.293 e. The maximum absolute atomic E-state index is 4.47. The maximum atomic E-state index is 4.47. The Bertz CT molecular complexity index is 447. The Balaban J connectivity index is 1.82. The van der Waals surface area contributed by atoms with E-state index in [2.05, 4.69) is 35.3 Å². The van der Waals surface area contributed by atoms with Crippen LogP contribution in [0.2, 0.25) is 0 Å². The fourth-order valence-electron chi connectivity index (χ4n) is 1.57. The second-order valence-electron chi connectivity index (χ2n) is 4.34. The van der Waals surface area contributed by atoms with E-state index < -0.39 is 0 Å². The highest BCUT2D eigenvalue weighted by Gasteiger charge is 2.02. The molecule has 0 amide bonds. The van der Waals surface area contributed by atoms with Crippen LogP contribution < -0.4 is 5.32 Å². The van der Waals surface area contributed by atoms with Gasteiger partial charge in [0.25, 0.3) is 0 Å². The lowest BCUT2D eigenvalue weighted by molar-refractivity contribution is 0.501. The Kier molecular flexibility index (Phi) is 3.88. The number of rotatable bonds is 5. The molecule has 90 valence electrons. The third-order valence-corrected chi connectivity index (χ3v) is 2.56. The van der Waals surface area contributed by atoms with Crippen LogP contribution in [0.4, 0.5) is 0 Å². The molecule has 0 bridgehead atoms. The van der Waals surface area contributed by atoms with Gasteiger partial charge >= 0.3 is 0 Å². The average molecular weight is 230 g/mol. The van der Waals surface area contributed by atoms with Crippen molar-refractivity contribution in [3.05, 3.63) is 48.0 Å². The molecule has 4 nitrogen and oxygen atoms in total. The quantitative estimate of drug-likeness (QED) is 0.855. The minimum Gasteiger partial charge on any atom is -0.293 e. The lowest BCUT2D eigenvalue weighted by Gasteiger charge is -2.04. The molecule has 0 unspecified atom stereocenters. The van der Waals surface area contributed by atoms with Crippen molar-refractivity contribution in [3.63, 3.8) is 0 Å². The van der Waals surface area contributed by atoms with Crippen LogP contribution in [0.15, 0.2) is 36.7 Å². The zero-order chi connectivity index (χ0) is 12.1. The van der Waals surface area contributed by atoms with E-state index >= 15 is 0 Å². The molecule has 0 aromatic carbocycles. The first-order chi connectivity index (χ1) is 8.25. The van der Waals surface area contributed by atoms with E-state index in [4.69, 9.17) is 0 Å². The number of hydrogen-bond acceptors (Lipinski definition) is 3. The molecular weight excluding hydrogens is 212 g/mol. The zero-order valence-electron chi connectivity index (χ0n) is 10.3. The second kappa shape index (κ2) is 5.59. The van der Waals surface area contributed by atoms with Gasteiger partial charge < -0.3 is 0 Å². The van der Waals surface area contributed by atoms with Crippen molar-refractivity contribution in [2.45, 2.75) is 33.0 Å². The summed E-state index contributed by atoms with van der Waals surface area (Å²) in [5.41, 5.74) is 2.17. The summed E-state index contributed by atoms with van der Waals surface area (Å²) in [6.07, 6.45) is 3.81. The van der Waals surface area contributed by atoms with Gasteiger partial charge in [-0.05, 0) is 24.1 Å². The van der Waals surface area contributed by atoms with E-state index in [9.17, 15) is 0 Å². The molecule has 0 fully saturated rings. The number of aromatic nitrogens is 3. The Hall–Kier alpha value is -1.68. The lowest BCUT2D eigenvalue weighted by atomic mass is 10.1. The Labute approximate surface area is 102 Å². The molecule has 2 rings (SSSR count). The van der Waals surface area contributed by atoms with Crippen molar-refractivity contribution in [1.82, 2.24) is 20.1 Å². The SMILES string of the molecule is CC(C)c1ccn(CNCc2ccccn2)n1. The van der Waals surface area contributed by atoms with Gasteiger partial charge in [-0.1, -0.05) is 19.9 Å². The molecule has 0 saturated carbocycles. The molecule has 0 aliphatic carbocycles. The highest BCUT2D eigenvalue weighted by atomic mass is 15.3. The molecule has 17 heavy (non-hydrogen) atoms. The third-order valence-electron chi connectivity index (χ3n) is 2.56. The van der Waals surface area contributed by atoms with Gasteiger partial charge in [-0.3, -0.25) is 15.0 Å². The molecule has 0 spiro atoms. The van der Waals surface area contributed by atoms with Gasteiger partial charge in [-0.2, -0.15) is 5.10 Å². The van der Waals surface area contributed by atoms with E-state index in [0.29, 0.717) is 12.6 Å². The predicted molar refractivity (Wildman–Crippen MR) is 67.4 cm³/mol. The summed E-state index contributed by atoms with van der Waals surface area (Å²) in [6.45, 7) is 5.77. The van der Waals surface area contributed by atoms with Crippen LogP contribution in [0.25, 0.3) is 0 Å². The first-order valence-corrected chi connectivity index (χ1v) is 5.89. The molecule has 4 heteroatoms. The van der Waals surface area contributed by atoms with Gasteiger partial charge in [0.1, 0.15) is 0 Å². The molecule has 0 radical (unpaired) electrons. The highest BCUT2D eigenvalue weighted by molar-refractivity contribution is 5.04. The first kappa shape index (κ1) is 11.8. The Morgan fingerprint density at radius 1 is 1.29 bits per heavy atom. The third kappa shape index (κ3) is 3.39. The molecule has 2 aromatic rings. The van der Waals surface area contributed by atoms with Crippen LogP contribution in [0.5, 0.6) is 0 Å². The van der Waals surface area contributed by atoms with Gasteiger partial charge in [-0.25, -0.2) is 0 Å². The monoisotopic (exact) mass is 230 g/mol. The standard InChI is InChI=1S/C13H18N4/c1-11(2)13-6-8-17(16-13)10-14-9-12-5-3-4-7-15-12/h3-8,11,14H,9-10H2,1-2H3. The van der Waals surface area contributed by atoms with E-state index in [1.54, 1.807) is 0 Å². The summed E-state index contributed by atoms with van der Waals surface area (Å²) in [5, 5.41) is 7.78. The van der Waals surface area contributed by atoms with Gasteiger partial charge in [0.2, 0.25) is 0 Å². The fraction of sp³-hybridized carbons (Fsp3) is 0.385. The summed E-state index contributed by atoms with van der Waals surface area (Å²) in [7, 11) is 0. The topological polar surface area (TPSA) is 42.7 Å². The van der Waals surface area contributed by atoms with E-state index in [0.717, 1.165) is 17.9 Å². The van der Waals surface area contributed by atoms with Crippen LogP contribution in [0.3, 0.4) is 0 Å². The van der Waals surface area contributed by atoms with Crippen LogP contribution in [0.1, 0.15) is 31.2 Å². The molecule has 0 saturated heterocycles. The molecule has 0 atom stereocenters. The molecule has 0 aliphatic rings. The van der Waals surface area contributed by atoms with E-state index in [1.165, 1.54) is 0 Å². The Morgan fingerprint density at radius 3 is 2.82 bits per heavy atom. The summed E-state index contributed by atoms with van der Waals surface area (Å²) in [5.74, 6) is 0.479. The van der Waals surface area contributed by atoms with Gasteiger partial charge in [-0.15, -0.1) is 0 Å². The van der Waals surface area contributed by atoms with Gasteiger partial charge in [0.05, 0.1) is 18.1 Å². The summed E-state index contributed by atoms with van der Waals surface area (Å²) in [6, 6.07) is 7.99. The van der Waals surface area contributed by atoms with Crippen molar-refractivity contribution in [3.8, 4) is 0 Å². The highest BCUT2D eigenvalue weighted by Crippen LogP contribution is 2.09. The van der Waals surface area contributed by atoms with Crippen molar-refractivity contribution >= 4 is 0 Å². The van der Waals surface area contributed by atoms with Crippen molar-refractivity contribution in [2.75, 3.05) is 0 Å². The van der Waals surface area contributed by atoms with Gasteiger partial charge in [0, 0.05) is 18.9 Å². The number of nitrogens with zero attached hydrogens (tertiary/aromatic N) is 3. The number of pyridine rings is 1. The normalized spacial score (nSPS) is 11.0. The smallest absolute Gasteiger partial charge is 0.0906 e. The average Bonchev–Trinajstić information content (AvgIpc) is 2.79. The predicted octanol–water partition coefficient (Wildman–Crippen LogP) is 2.15. The number of hydrogen-bond donors (Lipinski definition) is 1. The maximum Gasteiger partial charge on any atom is 0.0906 e. The van der Waals surface area contributed by atoms with Crippen molar-refractivity contribution in [1.29, 1.82) is 0 Å². The molecule has 0 aliphatic heterocycles. The fourth-order valence-corrected chi connectivity index (χ4v) is 1.57. The van der Waals surface area contributed by atoms with Gasteiger partial charge in [0.15, 0.2) is 0 Å². The van der Waals surface area contributed by atoms with Crippen LogP contribution in [0, 0.1) is 0 Å². The van der Waals surface area contributed by atoms with Crippen LogP contribution in [-0.4, -0.2) is 14.8 Å². The first-order valence-electron chi connectivity index (χ1n) is 5.89. The minimum atomic E-state index is 0.479. The van der Waals surface area contributed by atoms with Crippen molar-refractivity contribution in [2.24, 2.45) is 0 Å². The second-order valence-corrected chi connectivity index (χ2v) is 4.34. The molecule has 1 N–H and O–H groups in total. The van der Waals surface area contributed by atoms with Crippen LogP contribution in [-0.2, 0) is 13.2 Å². The van der Waals surface area contributed by atoms with Crippen LogP contribution >= 0.6 is 0 Å². The molecule has 2 heterocycles. The molecular formula is C13H18N4. The number of nitrogens with one attached hydrogen (secondary N) is 1. The summed E-state index contributed by atoms with van der Waals surface area (Å²) >= 11 is 0. The van der Waals surface area contributed by atoms with Crippen molar-refractivity contribution < 1.29 is 0 Å². The van der Waals surface area contributed by atoms with E-state index in [1.807, 2.05) is 35.3 Å². The summed E-state index contributed by atoms with van der Waals surface area (Å²) < 4.78 is 1.91. The van der Waals surface area contributed by atoms with E-state index in [-0.39, 0.29) is 0 Å². The summed E-state index contributed by atoms with van der Waals surface area (Å²) in [4.78, 5) is 4.25. The molecule has 2 aromatic heterocycles. The zero-order valence-corrected chi connectivity index (χ0v) is 10.3. The lowest BCUT2D eigenvalue weighted by Crippen LogP contribution is -2.19. The minimum absolute atomic E-state index is 0.479.